The number of rotatable bonds is 4. The van der Waals surface area contributed by atoms with Crippen molar-refractivity contribution in [1.82, 2.24) is 15.3 Å². The van der Waals surface area contributed by atoms with Gasteiger partial charge in [-0.2, -0.15) is 0 Å². The van der Waals surface area contributed by atoms with Gasteiger partial charge in [0.15, 0.2) is 0 Å². The van der Waals surface area contributed by atoms with Crippen molar-refractivity contribution < 1.29 is 0 Å². The van der Waals surface area contributed by atoms with Crippen LogP contribution in [0.2, 0.25) is 0 Å². The van der Waals surface area contributed by atoms with E-state index >= 15 is 0 Å². The molecule has 0 aliphatic heterocycles. The topological polar surface area (TPSA) is 40.7 Å². The molecule has 0 radical (unpaired) electrons. The lowest BCUT2D eigenvalue weighted by Gasteiger charge is -1.97. The third-order valence-electron chi connectivity index (χ3n) is 2.26. The molecule has 0 aliphatic rings. The first-order valence-electron chi connectivity index (χ1n) is 5.12. The molecule has 0 unspecified atom stereocenters. The molecule has 0 amide bonds. The first kappa shape index (κ1) is 10.4. The summed E-state index contributed by atoms with van der Waals surface area (Å²) in [7, 11) is 0. The number of aryl methyl sites for hydroxylation is 1. The highest BCUT2D eigenvalue weighted by molar-refractivity contribution is 7.15. The van der Waals surface area contributed by atoms with Crippen molar-refractivity contribution in [3.05, 3.63) is 28.9 Å². The minimum atomic E-state index is 0.917. The van der Waals surface area contributed by atoms with Gasteiger partial charge in [0.05, 0.1) is 11.4 Å². The molecular weight excluding hydrogens is 206 g/mol. The number of hydrogen-bond donors (Lipinski definition) is 2. The largest absolute Gasteiger partial charge is 0.359 e. The summed E-state index contributed by atoms with van der Waals surface area (Å²) < 4.78 is 0. The minimum Gasteiger partial charge on any atom is -0.359 e. The van der Waals surface area contributed by atoms with Crippen molar-refractivity contribution in [3.8, 4) is 10.7 Å². The summed E-state index contributed by atoms with van der Waals surface area (Å²) in [5, 5.41) is 4.40. The number of nitrogens with zero attached hydrogens (tertiary/aromatic N) is 1. The highest BCUT2D eigenvalue weighted by Gasteiger charge is 2.08. The lowest BCUT2D eigenvalue weighted by molar-refractivity contribution is 0.731. The van der Waals surface area contributed by atoms with Crippen LogP contribution in [0.4, 0.5) is 0 Å². The molecule has 15 heavy (non-hydrogen) atoms. The van der Waals surface area contributed by atoms with Gasteiger partial charge in [-0.1, -0.05) is 6.92 Å². The zero-order valence-electron chi connectivity index (χ0n) is 9.00. The molecular formula is C11H15N3S. The smallest absolute Gasteiger partial charge is 0.140 e. The van der Waals surface area contributed by atoms with Gasteiger partial charge in [-0.05, 0) is 25.6 Å². The Hall–Kier alpha value is -1.13. The highest BCUT2D eigenvalue weighted by atomic mass is 32.1. The van der Waals surface area contributed by atoms with Crippen LogP contribution in [0, 0.1) is 6.92 Å². The van der Waals surface area contributed by atoms with Crippen LogP contribution >= 0.6 is 11.3 Å². The summed E-state index contributed by atoms with van der Waals surface area (Å²) in [4.78, 5) is 9.05. The van der Waals surface area contributed by atoms with Gasteiger partial charge in [0, 0.05) is 17.6 Å². The maximum atomic E-state index is 4.55. The number of aromatic nitrogens is 2. The van der Waals surface area contributed by atoms with Crippen molar-refractivity contribution in [2.75, 3.05) is 6.54 Å². The molecule has 0 aromatic carbocycles. The van der Waals surface area contributed by atoms with E-state index in [-0.39, 0.29) is 0 Å². The lowest BCUT2D eigenvalue weighted by Crippen LogP contribution is -2.11. The third-order valence-corrected chi connectivity index (χ3v) is 3.45. The van der Waals surface area contributed by atoms with Crippen molar-refractivity contribution in [2.24, 2.45) is 0 Å². The van der Waals surface area contributed by atoms with Crippen LogP contribution in [0.15, 0.2) is 18.3 Å². The fourth-order valence-electron chi connectivity index (χ4n) is 1.41. The molecule has 0 spiro atoms. The standard InChI is InChI=1S/C11H15N3S/c1-3-12-7-10-8(2)14-11(15-10)9-5-4-6-13-9/h4-6,12-13H,3,7H2,1-2H3. The second-order valence-electron chi connectivity index (χ2n) is 3.39. The monoisotopic (exact) mass is 221 g/mol. The van der Waals surface area contributed by atoms with E-state index in [1.807, 2.05) is 12.3 Å². The summed E-state index contributed by atoms with van der Waals surface area (Å²) in [5.74, 6) is 0. The van der Waals surface area contributed by atoms with E-state index in [2.05, 4.69) is 35.2 Å². The van der Waals surface area contributed by atoms with Crippen molar-refractivity contribution in [2.45, 2.75) is 20.4 Å². The molecule has 0 bridgehead atoms. The second-order valence-corrected chi connectivity index (χ2v) is 4.48. The second kappa shape index (κ2) is 4.59. The third kappa shape index (κ3) is 2.27. The summed E-state index contributed by atoms with van der Waals surface area (Å²) >= 11 is 1.75. The average Bonchev–Trinajstić information content (AvgIpc) is 2.83. The normalized spacial score (nSPS) is 10.8. The van der Waals surface area contributed by atoms with Gasteiger partial charge in [-0.3, -0.25) is 0 Å². The molecule has 80 valence electrons. The van der Waals surface area contributed by atoms with Crippen LogP contribution in [0.5, 0.6) is 0 Å². The molecule has 0 atom stereocenters. The van der Waals surface area contributed by atoms with Crippen LogP contribution in [0.1, 0.15) is 17.5 Å². The number of nitrogens with one attached hydrogen (secondary N) is 2. The van der Waals surface area contributed by atoms with E-state index in [0.29, 0.717) is 0 Å². The zero-order chi connectivity index (χ0) is 10.7. The number of thiazole rings is 1. The lowest BCUT2D eigenvalue weighted by atomic mass is 10.4. The van der Waals surface area contributed by atoms with E-state index in [1.54, 1.807) is 11.3 Å². The molecule has 2 aromatic rings. The first-order valence-corrected chi connectivity index (χ1v) is 5.93. The predicted octanol–water partition coefficient (Wildman–Crippen LogP) is 2.56. The van der Waals surface area contributed by atoms with E-state index in [4.69, 9.17) is 0 Å². The Morgan fingerprint density at radius 2 is 2.40 bits per heavy atom. The summed E-state index contributed by atoms with van der Waals surface area (Å²) in [6.45, 7) is 6.09. The average molecular weight is 221 g/mol. The molecule has 0 saturated carbocycles. The van der Waals surface area contributed by atoms with Gasteiger partial charge in [-0.25, -0.2) is 4.98 Å². The highest BCUT2D eigenvalue weighted by Crippen LogP contribution is 2.26. The van der Waals surface area contributed by atoms with E-state index in [1.165, 1.54) is 4.88 Å². The SMILES string of the molecule is CCNCc1sc(-c2ccc[nH]2)nc1C. The Kier molecular flexibility index (Phi) is 3.18. The van der Waals surface area contributed by atoms with Gasteiger partial charge in [0.25, 0.3) is 0 Å². The molecule has 2 N–H and O–H groups in total. The molecule has 2 heterocycles. The molecule has 2 aromatic heterocycles. The van der Waals surface area contributed by atoms with Crippen molar-refractivity contribution >= 4 is 11.3 Å². The summed E-state index contributed by atoms with van der Waals surface area (Å²) in [6, 6.07) is 4.05. The van der Waals surface area contributed by atoms with Gasteiger partial charge in [0.2, 0.25) is 0 Å². The van der Waals surface area contributed by atoms with Crippen LogP contribution in [-0.4, -0.2) is 16.5 Å². The van der Waals surface area contributed by atoms with Crippen molar-refractivity contribution in [1.29, 1.82) is 0 Å². The number of hydrogen-bond acceptors (Lipinski definition) is 3. The van der Waals surface area contributed by atoms with Crippen LogP contribution in [-0.2, 0) is 6.54 Å². The van der Waals surface area contributed by atoms with Gasteiger partial charge in [-0.15, -0.1) is 11.3 Å². The van der Waals surface area contributed by atoms with Gasteiger partial charge >= 0.3 is 0 Å². The Labute approximate surface area is 93.6 Å². The Balaban J connectivity index is 2.21. The quantitative estimate of drug-likeness (QED) is 0.833. The number of aromatic amines is 1. The van der Waals surface area contributed by atoms with E-state index < -0.39 is 0 Å². The Morgan fingerprint density at radius 1 is 1.53 bits per heavy atom. The van der Waals surface area contributed by atoms with Crippen molar-refractivity contribution in [3.63, 3.8) is 0 Å². The molecule has 0 aliphatic carbocycles. The minimum absolute atomic E-state index is 0.917. The van der Waals surface area contributed by atoms with Gasteiger partial charge < -0.3 is 10.3 Å². The predicted molar refractivity (Wildman–Crippen MR) is 64.0 cm³/mol. The molecule has 3 nitrogen and oxygen atoms in total. The summed E-state index contributed by atoms with van der Waals surface area (Å²) in [5.41, 5.74) is 2.23. The van der Waals surface area contributed by atoms with E-state index in [9.17, 15) is 0 Å². The van der Waals surface area contributed by atoms with Gasteiger partial charge in [0.1, 0.15) is 5.01 Å². The fourth-order valence-corrected chi connectivity index (χ4v) is 2.43. The number of H-pyrrole nitrogens is 1. The first-order chi connectivity index (χ1) is 7.31. The van der Waals surface area contributed by atoms with Crippen LogP contribution in [0.25, 0.3) is 10.7 Å². The molecule has 0 fully saturated rings. The van der Waals surface area contributed by atoms with Crippen LogP contribution < -0.4 is 5.32 Å². The molecule has 4 heteroatoms. The molecule has 0 saturated heterocycles. The molecule has 2 rings (SSSR count). The zero-order valence-corrected chi connectivity index (χ0v) is 9.82. The maximum Gasteiger partial charge on any atom is 0.140 e. The maximum absolute atomic E-state index is 4.55. The van der Waals surface area contributed by atoms with Crippen LogP contribution in [0.3, 0.4) is 0 Å². The summed E-state index contributed by atoms with van der Waals surface area (Å²) in [6.07, 6.45) is 1.93. The van der Waals surface area contributed by atoms with E-state index in [0.717, 1.165) is 29.5 Å². The fraction of sp³-hybridized carbons (Fsp3) is 0.364. The Bertz CT molecular complexity index is 417. The Morgan fingerprint density at radius 3 is 3.07 bits per heavy atom.